The van der Waals surface area contributed by atoms with Gasteiger partial charge in [-0.2, -0.15) is 0 Å². The van der Waals surface area contributed by atoms with Gasteiger partial charge in [-0.15, -0.1) is 0 Å². The second kappa shape index (κ2) is 4.45. The van der Waals surface area contributed by atoms with Gasteiger partial charge in [-0.05, 0) is 54.6 Å². The highest BCUT2D eigenvalue weighted by molar-refractivity contribution is 5.26. The second-order valence-corrected chi connectivity index (χ2v) is 5.93. The van der Waals surface area contributed by atoms with Gasteiger partial charge in [0.05, 0.1) is 6.10 Å². The van der Waals surface area contributed by atoms with E-state index in [0.29, 0.717) is 5.92 Å². The minimum Gasteiger partial charge on any atom is -0.388 e. The zero-order valence-electron chi connectivity index (χ0n) is 10.6. The average molecular weight is 230 g/mol. The van der Waals surface area contributed by atoms with Gasteiger partial charge in [0.25, 0.3) is 0 Å². The van der Waals surface area contributed by atoms with Gasteiger partial charge in [0.1, 0.15) is 0 Å². The Bertz CT molecular complexity index is 388. The van der Waals surface area contributed by atoms with Gasteiger partial charge < -0.3 is 5.11 Å². The summed E-state index contributed by atoms with van der Waals surface area (Å²) in [6, 6.07) is 8.57. The molecule has 0 saturated heterocycles. The molecule has 0 aromatic heterocycles. The Labute approximate surface area is 104 Å². The molecule has 1 aromatic carbocycles. The van der Waals surface area contributed by atoms with Crippen LogP contribution in [0.3, 0.4) is 0 Å². The third-order valence-electron chi connectivity index (χ3n) is 4.56. The van der Waals surface area contributed by atoms with Crippen LogP contribution >= 0.6 is 0 Å². The van der Waals surface area contributed by atoms with E-state index in [-0.39, 0.29) is 6.10 Å². The Morgan fingerprint density at radius 3 is 2.71 bits per heavy atom. The lowest BCUT2D eigenvalue weighted by Crippen LogP contribution is -2.11. The molecule has 2 aliphatic rings. The van der Waals surface area contributed by atoms with Crippen molar-refractivity contribution in [2.45, 2.75) is 45.1 Å². The predicted molar refractivity (Wildman–Crippen MR) is 69.7 cm³/mol. The van der Waals surface area contributed by atoms with Crippen LogP contribution in [0.4, 0.5) is 0 Å². The Hall–Kier alpha value is -0.820. The average Bonchev–Trinajstić information content (AvgIpc) is 2.96. The fourth-order valence-corrected chi connectivity index (χ4v) is 3.51. The van der Waals surface area contributed by atoms with E-state index in [4.69, 9.17) is 0 Å². The highest BCUT2D eigenvalue weighted by Crippen LogP contribution is 2.57. The molecule has 1 nitrogen and oxygen atoms in total. The van der Waals surface area contributed by atoms with E-state index in [9.17, 15) is 5.11 Å². The van der Waals surface area contributed by atoms with Gasteiger partial charge in [-0.3, -0.25) is 0 Å². The molecule has 0 radical (unpaired) electrons. The highest BCUT2D eigenvalue weighted by Gasteiger charge is 2.47. The number of fused-ring (bicyclic) bond motifs is 1. The molecule has 2 aliphatic carbocycles. The first-order valence-corrected chi connectivity index (χ1v) is 7.05. The molecular formula is C16H22O. The van der Waals surface area contributed by atoms with Crippen molar-refractivity contribution in [1.29, 1.82) is 0 Å². The van der Waals surface area contributed by atoms with Gasteiger partial charge in [0, 0.05) is 0 Å². The lowest BCUT2D eigenvalue weighted by molar-refractivity contribution is 0.104. The monoisotopic (exact) mass is 230 g/mol. The standard InChI is InChI=1S/C16H22O/c1-2-4-11-5-3-6-12(7-11)16(17)15-9-13-8-14(13)10-15/h3,5-7,13-17H,2,4,8-10H2,1H3. The summed E-state index contributed by atoms with van der Waals surface area (Å²) in [6.07, 6.45) is 6.01. The summed E-state index contributed by atoms with van der Waals surface area (Å²) in [5.41, 5.74) is 2.51. The highest BCUT2D eigenvalue weighted by atomic mass is 16.3. The van der Waals surface area contributed by atoms with E-state index in [1.54, 1.807) is 0 Å². The summed E-state index contributed by atoms with van der Waals surface area (Å²) in [5.74, 6) is 2.43. The zero-order valence-corrected chi connectivity index (χ0v) is 10.6. The lowest BCUT2D eigenvalue weighted by atomic mass is 9.90. The van der Waals surface area contributed by atoms with Gasteiger partial charge >= 0.3 is 0 Å². The number of benzene rings is 1. The van der Waals surface area contributed by atoms with Crippen LogP contribution in [0.1, 0.15) is 49.8 Å². The Balaban J connectivity index is 1.71. The van der Waals surface area contributed by atoms with E-state index in [1.807, 2.05) is 0 Å². The van der Waals surface area contributed by atoms with E-state index in [0.717, 1.165) is 23.8 Å². The molecule has 2 saturated carbocycles. The van der Waals surface area contributed by atoms with Crippen LogP contribution in [0.25, 0.3) is 0 Å². The van der Waals surface area contributed by atoms with Crippen molar-refractivity contribution < 1.29 is 5.11 Å². The molecule has 92 valence electrons. The van der Waals surface area contributed by atoms with E-state index in [2.05, 4.69) is 31.2 Å². The molecule has 0 spiro atoms. The summed E-state index contributed by atoms with van der Waals surface area (Å²) in [5, 5.41) is 10.5. The smallest absolute Gasteiger partial charge is 0.0818 e. The molecule has 0 bridgehead atoms. The Morgan fingerprint density at radius 1 is 1.24 bits per heavy atom. The zero-order chi connectivity index (χ0) is 11.8. The molecule has 17 heavy (non-hydrogen) atoms. The van der Waals surface area contributed by atoms with Crippen molar-refractivity contribution in [3.8, 4) is 0 Å². The van der Waals surface area contributed by atoms with E-state index < -0.39 is 0 Å². The first-order valence-electron chi connectivity index (χ1n) is 7.05. The molecule has 1 N–H and O–H groups in total. The fraction of sp³-hybridized carbons (Fsp3) is 0.625. The van der Waals surface area contributed by atoms with Gasteiger partial charge in [0.2, 0.25) is 0 Å². The SMILES string of the molecule is CCCc1cccc(C(O)C2CC3CC3C2)c1. The number of hydrogen-bond donors (Lipinski definition) is 1. The minimum atomic E-state index is -0.223. The van der Waals surface area contributed by atoms with Crippen molar-refractivity contribution in [3.05, 3.63) is 35.4 Å². The Morgan fingerprint density at radius 2 is 2.00 bits per heavy atom. The lowest BCUT2D eigenvalue weighted by Gasteiger charge is -2.20. The van der Waals surface area contributed by atoms with Gasteiger partial charge in [-0.25, -0.2) is 0 Å². The second-order valence-electron chi connectivity index (χ2n) is 5.93. The van der Waals surface area contributed by atoms with Crippen molar-refractivity contribution in [3.63, 3.8) is 0 Å². The maximum absolute atomic E-state index is 10.5. The van der Waals surface area contributed by atoms with E-state index in [1.165, 1.54) is 31.2 Å². The van der Waals surface area contributed by atoms with Crippen molar-refractivity contribution in [2.24, 2.45) is 17.8 Å². The summed E-state index contributed by atoms with van der Waals surface area (Å²) in [6.45, 7) is 2.20. The maximum atomic E-state index is 10.5. The third-order valence-corrected chi connectivity index (χ3v) is 4.56. The number of hydrogen-bond acceptors (Lipinski definition) is 1. The first kappa shape index (κ1) is 11.3. The normalized spacial score (nSPS) is 32.2. The predicted octanol–water partition coefficient (Wildman–Crippen LogP) is 3.72. The molecule has 0 aliphatic heterocycles. The van der Waals surface area contributed by atoms with Gasteiger partial charge in [0.15, 0.2) is 0 Å². The molecule has 1 aromatic rings. The van der Waals surface area contributed by atoms with Crippen molar-refractivity contribution >= 4 is 0 Å². The van der Waals surface area contributed by atoms with Crippen LogP contribution in [-0.4, -0.2) is 5.11 Å². The number of aliphatic hydroxyl groups excluding tert-OH is 1. The third kappa shape index (κ3) is 2.26. The van der Waals surface area contributed by atoms with Crippen molar-refractivity contribution in [1.82, 2.24) is 0 Å². The summed E-state index contributed by atoms with van der Waals surface area (Å²) in [7, 11) is 0. The van der Waals surface area contributed by atoms with Crippen LogP contribution in [0.5, 0.6) is 0 Å². The fourth-order valence-electron chi connectivity index (χ4n) is 3.51. The van der Waals surface area contributed by atoms with Crippen molar-refractivity contribution in [2.75, 3.05) is 0 Å². The molecule has 2 fully saturated rings. The molecule has 0 amide bonds. The van der Waals surface area contributed by atoms with Gasteiger partial charge in [-0.1, -0.05) is 37.6 Å². The molecule has 0 heterocycles. The minimum absolute atomic E-state index is 0.223. The largest absolute Gasteiger partial charge is 0.388 e. The van der Waals surface area contributed by atoms with Crippen LogP contribution in [-0.2, 0) is 6.42 Å². The Kier molecular flexibility index (Phi) is 2.96. The number of rotatable bonds is 4. The van der Waals surface area contributed by atoms with Crippen LogP contribution in [0, 0.1) is 17.8 Å². The molecular weight excluding hydrogens is 208 g/mol. The number of aliphatic hydroxyl groups is 1. The summed E-state index contributed by atoms with van der Waals surface area (Å²) in [4.78, 5) is 0. The molecule has 3 atom stereocenters. The van der Waals surface area contributed by atoms with Crippen LogP contribution < -0.4 is 0 Å². The summed E-state index contributed by atoms with van der Waals surface area (Å²) < 4.78 is 0. The molecule has 3 unspecified atom stereocenters. The number of aryl methyl sites for hydroxylation is 1. The quantitative estimate of drug-likeness (QED) is 0.836. The van der Waals surface area contributed by atoms with Crippen LogP contribution in [0.2, 0.25) is 0 Å². The topological polar surface area (TPSA) is 20.2 Å². The van der Waals surface area contributed by atoms with Crippen LogP contribution in [0.15, 0.2) is 24.3 Å². The first-order chi connectivity index (χ1) is 8.28. The van der Waals surface area contributed by atoms with E-state index >= 15 is 0 Å². The molecule has 1 heteroatoms. The maximum Gasteiger partial charge on any atom is 0.0818 e. The summed E-state index contributed by atoms with van der Waals surface area (Å²) >= 11 is 0. The molecule has 3 rings (SSSR count).